The number of carboxylic acids is 1. The molecule has 1 aliphatic carbocycles. The number of carbonyl (C=O) groups excluding carboxylic acids is 1. The Morgan fingerprint density at radius 3 is 2.87 bits per heavy atom. The minimum atomic E-state index is -1.01. The number of benzene rings is 1. The van der Waals surface area contributed by atoms with Crippen LogP contribution < -0.4 is 0 Å². The second-order valence-electron chi connectivity index (χ2n) is 7.20. The number of rotatable bonds is 5. The molecule has 0 amide bonds. The van der Waals surface area contributed by atoms with Crippen molar-refractivity contribution in [1.29, 1.82) is 0 Å². The van der Waals surface area contributed by atoms with Crippen LogP contribution in [0.1, 0.15) is 22.8 Å². The first-order chi connectivity index (χ1) is 14.4. The van der Waals surface area contributed by atoms with Gasteiger partial charge in [0.05, 0.1) is 10.9 Å². The average molecular weight is 419 g/mol. The van der Waals surface area contributed by atoms with E-state index in [9.17, 15) is 9.59 Å². The van der Waals surface area contributed by atoms with Crippen LogP contribution in [0.25, 0.3) is 28.2 Å². The van der Waals surface area contributed by atoms with Gasteiger partial charge in [-0.15, -0.1) is 11.6 Å². The lowest BCUT2D eigenvalue weighted by Crippen LogP contribution is -2.14. The summed E-state index contributed by atoms with van der Waals surface area (Å²) in [5, 5.41) is 9.49. The Kier molecular flexibility index (Phi) is 5.38. The number of aromatic amines is 1. The Balaban J connectivity index is 1.81. The molecular weight excluding hydrogens is 400 g/mol. The van der Waals surface area contributed by atoms with Gasteiger partial charge in [-0.3, -0.25) is 4.79 Å². The standard InChI is InChI=1S/C24H19ClN2O3/c1-14-11-17(6-7-20(14)25)23(30)19-13-27-24-22(19)18(9-10-26-24)16-4-2-3-15(12-16)5-8-21(28)29/h2-14,20H,1H3,(H,26,27)(H,28,29)/b8-5+. The molecule has 30 heavy (non-hydrogen) atoms. The number of hydrogen-bond donors (Lipinski definition) is 2. The molecule has 0 saturated carbocycles. The first-order valence-corrected chi connectivity index (χ1v) is 9.94. The molecule has 2 unspecified atom stereocenters. The van der Waals surface area contributed by atoms with Gasteiger partial charge < -0.3 is 10.1 Å². The first-order valence-electron chi connectivity index (χ1n) is 9.50. The minimum absolute atomic E-state index is 0.0659. The number of carboxylic acid groups (broad SMARTS) is 1. The Morgan fingerprint density at radius 2 is 2.10 bits per heavy atom. The van der Waals surface area contributed by atoms with Crippen LogP contribution in [0, 0.1) is 5.92 Å². The van der Waals surface area contributed by atoms with Crippen molar-refractivity contribution < 1.29 is 14.7 Å². The molecule has 2 atom stereocenters. The number of H-pyrrole nitrogens is 1. The number of fused-ring (bicyclic) bond motifs is 1. The van der Waals surface area contributed by atoms with Crippen LogP contribution in [0.3, 0.4) is 0 Å². The average Bonchev–Trinajstić information content (AvgIpc) is 3.18. The Morgan fingerprint density at radius 1 is 1.27 bits per heavy atom. The molecular formula is C24H19ClN2O3. The molecule has 0 spiro atoms. The summed E-state index contributed by atoms with van der Waals surface area (Å²) in [7, 11) is 0. The van der Waals surface area contributed by atoms with Crippen molar-refractivity contribution in [2.24, 2.45) is 5.92 Å². The molecule has 0 fully saturated rings. The highest BCUT2D eigenvalue weighted by atomic mass is 35.5. The van der Waals surface area contributed by atoms with Crippen molar-refractivity contribution in [2.45, 2.75) is 12.3 Å². The van der Waals surface area contributed by atoms with E-state index in [1.165, 1.54) is 6.08 Å². The largest absolute Gasteiger partial charge is 0.478 e. The van der Waals surface area contributed by atoms with E-state index < -0.39 is 5.97 Å². The van der Waals surface area contributed by atoms with Gasteiger partial charge in [0.1, 0.15) is 5.65 Å². The molecule has 4 rings (SSSR count). The van der Waals surface area contributed by atoms with Crippen LogP contribution in [0.15, 0.2) is 72.6 Å². The lowest BCUT2D eigenvalue weighted by atomic mass is 9.91. The van der Waals surface area contributed by atoms with Crippen LogP contribution in [0.2, 0.25) is 0 Å². The second-order valence-corrected chi connectivity index (χ2v) is 7.70. The van der Waals surface area contributed by atoms with Gasteiger partial charge in [-0.05, 0) is 40.8 Å². The van der Waals surface area contributed by atoms with Crippen LogP contribution >= 0.6 is 11.6 Å². The molecule has 6 heteroatoms. The molecule has 2 aromatic heterocycles. The van der Waals surface area contributed by atoms with Crippen molar-refractivity contribution in [2.75, 3.05) is 0 Å². The van der Waals surface area contributed by atoms with Crippen LogP contribution in [-0.4, -0.2) is 32.2 Å². The fraction of sp³-hybridized carbons (Fsp3) is 0.125. The van der Waals surface area contributed by atoms with E-state index in [1.807, 2.05) is 49.4 Å². The molecule has 2 heterocycles. The normalized spacial score (nSPS) is 18.7. The summed E-state index contributed by atoms with van der Waals surface area (Å²) in [6.45, 7) is 1.98. The third-order valence-corrected chi connectivity index (χ3v) is 5.64. The maximum Gasteiger partial charge on any atom is 0.328 e. The molecule has 150 valence electrons. The molecule has 0 bridgehead atoms. The summed E-state index contributed by atoms with van der Waals surface area (Å²) in [5.74, 6) is -1.03. The molecule has 3 aromatic rings. The van der Waals surface area contributed by atoms with Crippen molar-refractivity contribution in [1.82, 2.24) is 9.97 Å². The van der Waals surface area contributed by atoms with Gasteiger partial charge in [-0.2, -0.15) is 0 Å². The van der Waals surface area contributed by atoms with Crippen molar-refractivity contribution in [3.8, 4) is 11.1 Å². The number of carbonyl (C=O) groups is 2. The number of nitrogens with zero attached hydrogens (tertiary/aromatic N) is 1. The number of alkyl halides is 1. The Labute approximate surface area is 178 Å². The zero-order chi connectivity index (χ0) is 21.3. The summed E-state index contributed by atoms with van der Waals surface area (Å²) in [4.78, 5) is 31.6. The number of halogens is 1. The number of pyridine rings is 1. The second kappa shape index (κ2) is 8.13. The van der Waals surface area contributed by atoms with Crippen LogP contribution in [-0.2, 0) is 4.79 Å². The van der Waals surface area contributed by atoms with Crippen LogP contribution in [0.5, 0.6) is 0 Å². The van der Waals surface area contributed by atoms with Gasteiger partial charge in [0.25, 0.3) is 0 Å². The fourth-order valence-electron chi connectivity index (χ4n) is 3.56. The Bertz CT molecular complexity index is 1240. The van der Waals surface area contributed by atoms with Gasteiger partial charge in [-0.1, -0.05) is 43.4 Å². The summed E-state index contributed by atoms with van der Waals surface area (Å²) in [6, 6.07) is 9.34. The molecule has 0 aliphatic heterocycles. The number of Topliss-reactive ketones (excluding diaryl/α,β-unsaturated/α-hetero) is 1. The van der Waals surface area contributed by atoms with Gasteiger partial charge in [0.2, 0.25) is 0 Å². The van der Waals surface area contributed by atoms with E-state index in [1.54, 1.807) is 18.5 Å². The first kappa shape index (κ1) is 19.9. The minimum Gasteiger partial charge on any atom is -0.478 e. The van der Waals surface area contributed by atoms with Gasteiger partial charge in [-0.25, -0.2) is 9.78 Å². The number of aromatic nitrogens is 2. The lowest BCUT2D eigenvalue weighted by Gasteiger charge is -2.16. The number of ketones is 1. The lowest BCUT2D eigenvalue weighted by molar-refractivity contribution is -0.131. The number of nitrogens with one attached hydrogen (secondary N) is 1. The monoisotopic (exact) mass is 418 g/mol. The smallest absolute Gasteiger partial charge is 0.328 e. The summed E-state index contributed by atoms with van der Waals surface area (Å²) in [5.41, 5.74) is 4.22. The predicted octanol–water partition coefficient (Wildman–Crippen LogP) is 5.25. The van der Waals surface area contributed by atoms with Crippen molar-refractivity contribution >= 4 is 40.5 Å². The molecule has 2 N–H and O–H groups in total. The van der Waals surface area contributed by atoms with Crippen molar-refractivity contribution in [3.63, 3.8) is 0 Å². The molecule has 1 aromatic carbocycles. The van der Waals surface area contributed by atoms with Gasteiger partial charge in [0.15, 0.2) is 5.78 Å². The van der Waals surface area contributed by atoms with Gasteiger partial charge in [0, 0.05) is 29.4 Å². The molecule has 1 aliphatic rings. The summed E-state index contributed by atoms with van der Waals surface area (Å²) in [6.07, 6.45) is 11.5. The summed E-state index contributed by atoms with van der Waals surface area (Å²) < 4.78 is 0. The molecule has 5 nitrogen and oxygen atoms in total. The van der Waals surface area contributed by atoms with E-state index in [0.717, 1.165) is 28.2 Å². The topological polar surface area (TPSA) is 83.0 Å². The quantitative estimate of drug-likeness (QED) is 0.336. The number of aliphatic carboxylic acids is 1. The Hall–Kier alpha value is -3.44. The third kappa shape index (κ3) is 3.84. The summed E-state index contributed by atoms with van der Waals surface area (Å²) >= 11 is 6.22. The van der Waals surface area contributed by atoms with E-state index in [2.05, 4.69) is 9.97 Å². The predicted molar refractivity (Wildman–Crippen MR) is 119 cm³/mol. The van der Waals surface area contributed by atoms with E-state index in [-0.39, 0.29) is 17.1 Å². The van der Waals surface area contributed by atoms with Crippen LogP contribution in [0.4, 0.5) is 0 Å². The molecule has 0 saturated heterocycles. The SMILES string of the molecule is CC1C=C(C(=O)c2c[nH]c3nccc(-c4cccc(/C=C/C(=O)O)c4)c23)C=CC1Cl. The zero-order valence-electron chi connectivity index (χ0n) is 16.2. The van der Waals surface area contributed by atoms with Gasteiger partial charge >= 0.3 is 5.97 Å². The van der Waals surface area contributed by atoms with Crippen molar-refractivity contribution in [3.05, 3.63) is 83.7 Å². The zero-order valence-corrected chi connectivity index (χ0v) is 16.9. The maximum absolute atomic E-state index is 13.3. The van der Waals surface area contributed by atoms with E-state index in [0.29, 0.717) is 16.8 Å². The number of allylic oxidation sites excluding steroid dienone is 4. The third-order valence-electron chi connectivity index (χ3n) is 5.10. The van der Waals surface area contributed by atoms with E-state index >= 15 is 0 Å². The fourth-order valence-corrected chi connectivity index (χ4v) is 3.71. The highest BCUT2D eigenvalue weighted by Gasteiger charge is 2.22. The maximum atomic E-state index is 13.3. The number of hydrogen-bond acceptors (Lipinski definition) is 3. The molecule has 0 radical (unpaired) electrons. The van der Waals surface area contributed by atoms with E-state index in [4.69, 9.17) is 16.7 Å². The highest BCUT2D eigenvalue weighted by Crippen LogP contribution is 2.33. The highest BCUT2D eigenvalue weighted by molar-refractivity contribution is 6.23.